The lowest BCUT2D eigenvalue weighted by atomic mass is 10.1. The Bertz CT molecular complexity index is 491. The second kappa shape index (κ2) is 6.45. The summed E-state index contributed by atoms with van der Waals surface area (Å²) < 4.78 is 26.4. The van der Waals surface area contributed by atoms with E-state index in [-0.39, 0.29) is 11.6 Å². The van der Waals surface area contributed by atoms with Gasteiger partial charge in [0.25, 0.3) is 10.0 Å². The zero-order chi connectivity index (χ0) is 13.7. The number of hydrogen-bond donors (Lipinski definition) is 1. The van der Waals surface area contributed by atoms with Crippen LogP contribution in [0.4, 0.5) is 0 Å². The lowest BCUT2D eigenvalue weighted by Crippen LogP contribution is -2.34. The van der Waals surface area contributed by atoms with Crippen molar-refractivity contribution in [2.45, 2.75) is 43.7 Å². The molecule has 2 rings (SSSR count). The van der Waals surface area contributed by atoms with Gasteiger partial charge < -0.3 is 5.11 Å². The van der Waals surface area contributed by atoms with Crippen molar-refractivity contribution in [3.63, 3.8) is 0 Å². The van der Waals surface area contributed by atoms with Gasteiger partial charge in [-0.3, -0.25) is 0 Å². The van der Waals surface area contributed by atoms with E-state index in [1.165, 1.54) is 23.0 Å². The van der Waals surface area contributed by atoms with Gasteiger partial charge in [0.2, 0.25) is 0 Å². The number of rotatable bonds is 3. The molecule has 1 aromatic heterocycles. The van der Waals surface area contributed by atoms with Crippen LogP contribution in [0.25, 0.3) is 0 Å². The summed E-state index contributed by atoms with van der Waals surface area (Å²) in [5.74, 6) is 0. The molecular formula is C13H20N2O3S. The van der Waals surface area contributed by atoms with Gasteiger partial charge in [-0.1, -0.05) is 25.3 Å². The van der Waals surface area contributed by atoms with Crippen LogP contribution in [0.15, 0.2) is 23.4 Å². The van der Waals surface area contributed by atoms with Crippen molar-refractivity contribution in [2.75, 3.05) is 13.1 Å². The van der Waals surface area contributed by atoms with E-state index in [9.17, 15) is 8.42 Å². The molecule has 0 atom stereocenters. The van der Waals surface area contributed by atoms with E-state index in [1.807, 2.05) is 0 Å². The van der Waals surface area contributed by atoms with Gasteiger partial charge in [0.15, 0.2) is 5.03 Å². The first-order valence-corrected chi connectivity index (χ1v) is 8.14. The molecule has 0 bridgehead atoms. The van der Waals surface area contributed by atoms with Gasteiger partial charge in [0.05, 0.1) is 6.61 Å². The normalized spacial score (nSPS) is 18.8. The fraction of sp³-hybridized carbons (Fsp3) is 0.615. The van der Waals surface area contributed by atoms with Crippen molar-refractivity contribution < 1.29 is 13.5 Å². The summed E-state index contributed by atoms with van der Waals surface area (Å²) in [6.45, 7) is 1.02. The monoisotopic (exact) mass is 284 g/mol. The average molecular weight is 284 g/mol. The minimum Gasteiger partial charge on any atom is -0.392 e. The minimum atomic E-state index is -3.49. The first kappa shape index (κ1) is 14.4. The Balaban J connectivity index is 2.18. The zero-order valence-electron chi connectivity index (χ0n) is 11.0. The lowest BCUT2D eigenvalue weighted by Gasteiger charge is -2.23. The van der Waals surface area contributed by atoms with Gasteiger partial charge in [-0.2, -0.15) is 4.31 Å². The molecular weight excluding hydrogens is 264 g/mol. The Kier molecular flexibility index (Phi) is 4.90. The van der Waals surface area contributed by atoms with Gasteiger partial charge >= 0.3 is 0 Å². The number of pyridine rings is 1. The van der Waals surface area contributed by atoms with Gasteiger partial charge in [-0.15, -0.1) is 0 Å². The fourth-order valence-electron chi connectivity index (χ4n) is 2.25. The molecule has 1 saturated heterocycles. The van der Waals surface area contributed by atoms with Crippen LogP contribution in [0.2, 0.25) is 0 Å². The number of hydrogen-bond acceptors (Lipinski definition) is 4. The van der Waals surface area contributed by atoms with Gasteiger partial charge in [0.1, 0.15) is 0 Å². The Morgan fingerprint density at radius 3 is 2.26 bits per heavy atom. The third kappa shape index (κ3) is 3.52. The van der Waals surface area contributed by atoms with E-state index in [4.69, 9.17) is 5.11 Å². The molecule has 106 valence electrons. The maximum absolute atomic E-state index is 12.5. The highest BCUT2D eigenvalue weighted by molar-refractivity contribution is 7.89. The van der Waals surface area contributed by atoms with Crippen LogP contribution in [0.3, 0.4) is 0 Å². The van der Waals surface area contributed by atoms with Crippen molar-refractivity contribution in [1.82, 2.24) is 9.29 Å². The molecule has 2 heterocycles. The average Bonchev–Trinajstić information content (AvgIpc) is 2.38. The van der Waals surface area contributed by atoms with Crippen molar-refractivity contribution in [1.29, 1.82) is 0 Å². The molecule has 1 aromatic rings. The number of aliphatic hydroxyl groups is 1. The van der Waals surface area contributed by atoms with Crippen LogP contribution < -0.4 is 0 Å². The summed E-state index contributed by atoms with van der Waals surface area (Å²) in [5.41, 5.74) is 0.617. The second-order valence-electron chi connectivity index (χ2n) is 4.83. The van der Waals surface area contributed by atoms with E-state index in [0.29, 0.717) is 18.7 Å². The smallest absolute Gasteiger partial charge is 0.260 e. The summed E-state index contributed by atoms with van der Waals surface area (Å²) in [4.78, 5) is 3.96. The van der Waals surface area contributed by atoms with E-state index in [1.54, 1.807) is 6.07 Å². The number of sulfonamides is 1. The van der Waals surface area contributed by atoms with Crippen LogP contribution in [0.1, 0.15) is 37.7 Å². The largest absolute Gasteiger partial charge is 0.392 e. The standard InChI is InChI=1S/C13H20N2O3S/c16-11-12-6-7-13(14-10-12)19(17,18)15-8-4-2-1-3-5-9-15/h6-7,10,16H,1-5,8-9,11H2. The molecule has 1 aliphatic heterocycles. The lowest BCUT2D eigenvalue weighted by molar-refractivity contribution is 0.281. The maximum Gasteiger partial charge on any atom is 0.260 e. The first-order valence-electron chi connectivity index (χ1n) is 6.70. The maximum atomic E-state index is 12.5. The number of aliphatic hydroxyl groups excluding tert-OH is 1. The molecule has 0 amide bonds. The van der Waals surface area contributed by atoms with E-state index in [2.05, 4.69) is 4.98 Å². The van der Waals surface area contributed by atoms with Crippen molar-refractivity contribution >= 4 is 10.0 Å². The summed E-state index contributed by atoms with van der Waals surface area (Å²) in [6, 6.07) is 3.07. The Hall–Kier alpha value is -0.980. The van der Waals surface area contributed by atoms with E-state index < -0.39 is 10.0 Å². The van der Waals surface area contributed by atoms with Crippen LogP contribution in [-0.4, -0.2) is 35.9 Å². The first-order chi connectivity index (χ1) is 9.14. The Labute approximate surface area is 114 Å². The molecule has 1 aliphatic rings. The third-order valence-electron chi connectivity index (χ3n) is 3.40. The van der Waals surface area contributed by atoms with E-state index in [0.717, 1.165) is 25.7 Å². The number of aromatic nitrogens is 1. The van der Waals surface area contributed by atoms with Gasteiger partial charge in [-0.25, -0.2) is 13.4 Å². The van der Waals surface area contributed by atoms with E-state index >= 15 is 0 Å². The van der Waals surface area contributed by atoms with Crippen molar-refractivity contribution in [3.05, 3.63) is 23.9 Å². The van der Waals surface area contributed by atoms with Crippen molar-refractivity contribution in [3.8, 4) is 0 Å². The molecule has 19 heavy (non-hydrogen) atoms. The third-order valence-corrected chi connectivity index (χ3v) is 5.21. The topological polar surface area (TPSA) is 70.5 Å². The predicted octanol–water partition coefficient (Wildman–Crippen LogP) is 1.53. The summed E-state index contributed by atoms with van der Waals surface area (Å²) in [7, 11) is -3.49. The van der Waals surface area contributed by atoms with Crippen LogP contribution in [-0.2, 0) is 16.6 Å². The molecule has 0 aromatic carbocycles. The molecule has 0 radical (unpaired) electrons. The zero-order valence-corrected chi connectivity index (χ0v) is 11.8. The second-order valence-corrected chi connectivity index (χ2v) is 6.72. The quantitative estimate of drug-likeness (QED) is 0.913. The van der Waals surface area contributed by atoms with Crippen LogP contribution in [0, 0.1) is 0 Å². The van der Waals surface area contributed by atoms with Crippen molar-refractivity contribution in [2.24, 2.45) is 0 Å². The molecule has 0 aliphatic carbocycles. The molecule has 0 spiro atoms. The van der Waals surface area contributed by atoms with Gasteiger partial charge in [-0.05, 0) is 24.5 Å². The molecule has 0 saturated carbocycles. The molecule has 1 fully saturated rings. The summed E-state index contributed by atoms with van der Waals surface area (Å²) in [6.07, 6.45) is 6.60. The Morgan fingerprint density at radius 2 is 1.74 bits per heavy atom. The highest BCUT2D eigenvalue weighted by atomic mass is 32.2. The fourth-order valence-corrected chi connectivity index (χ4v) is 3.68. The number of nitrogens with zero attached hydrogens (tertiary/aromatic N) is 2. The molecule has 1 N–H and O–H groups in total. The van der Waals surface area contributed by atoms with Crippen LogP contribution in [0.5, 0.6) is 0 Å². The summed E-state index contributed by atoms with van der Waals surface area (Å²) in [5, 5.41) is 9.02. The SMILES string of the molecule is O=S(=O)(c1ccc(CO)cn1)N1CCCCCCC1. The molecule has 5 nitrogen and oxygen atoms in total. The highest BCUT2D eigenvalue weighted by Crippen LogP contribution is 2.18. The van der Waals surface area contributed by atoms with Crippen LogP contribution >= 0.6 is 0 Å². The van der Waals surface area contributed by atoms with Gasteiger partial charge in [0, 0.05) is 19.3 Å². The molecule has 0 unspecified atom stereocenters. The predicted molar refractivity (Wildman–Crippen MR) is 72.0 cm³/mol. The highest BCUT2D eigenvalue weighted by Gasteiger charge is 2.25. The summed E-state index contributed by atoms with van der Waals surface area (Å²) >= 11 is 0. The molecule has 6 heteroatoms. The Morgan fingerprint density at radius 1 is 1.11 bits per heavy atom. The minimum absolute atomic E-state index is 0.0743.